The Morgan fingerprint density at radius 3 is 2.69 bits per heavy atom. The molecule has 0 aliphatic carbocycles. The zero-order valence-corrected chi connectivity index (χ0v) is 22.1. The van der Waals surface area contributed by atoms with Crippen molar-refractivity contribution in [2.24, 2.45) is 0 Å². The predicted molar refractivity (Wildman–Crippen MR) is 143 cm³/mol. The molecule has 2 aliphatic rings. The normalized spacial score (nSPS) is 18.6. The minimum Gasteiger partial charge on any atom is -0.494 e. The molecule has 4 rings (SSSR count). The fourth-order valence-electron chi connectivity index (χ4n) is 4.92. The molecule has 2 aromatic rings. The average molecular weight is 515 g/mol. The van der Waals surface area contributed by atoms with Crippen LogP contribution in [0.5, 0.6) is 11.5 Å². The number of hydrogen-bond donors (Lipinski definition) is 1. The van der Waals surface area contributed by atoms with Crippen LogP contribution in [-0.4, -0.2) is 65.8 Å². The summed E-state index contributed by atoms with van der Waals surface area (Å²) in [5, 5.41) is 11.6. The lowest BCUT2D eigenvalue weighted by Crippen LogP contribution is -2.47. The Hall–Kier alpha value is -2.28. The maximum Gasteiger partial charge on any atom is 0.222 e. The molecule has 2 aromatic carbocycles. The lowest BCUT2D eigenvalue weighted by molar-refractivity contribution is -0.130. The van der Waals surface area contributed by atoms with Gasteiger partial charge in [0, 0.05) is 39.1 Å². The van der Waals surface area contributed by atoms with E-state index in [-0.39, 0.29) is 12.5 Å². The van der Waals surface area contributed by atoms with E-state index in [1.807, 2.05) is 42.2 Å². The van der Waals surface area contributed by atoms with E-state index < -0.39 is 5.60 Å². The Morgan fingerprint density at radius 2 is 1.86 bits per heavy atom. The minimum atomic E-state index is -0.844. The highest BCUT2D eigenvalue weighted by Crippen LogP contribution is 2.29. The molecule has 0 atom stereocenters. The van der Waals surface area contributed by atoms with Crippen LogP contribution in [0.4, 0.5) is 0 Å². The number of piperidine rings is 1. The smallest absolute Gasteiger partial charge is 0.222 e. The van der Waals surface area contributed by atoms with Gasteiger partial charge in [-0.3, -0.25) is 9.69 Å². The van der Waals surface area contributed by atoms with E-state index in [4.69, 9.17) is 21.1 Å². The van der Waals surface area contributed by atoms with Gasteiger partial charge in [-0.1, -0.05) is 36.2 Å². The lowest BCUT2D eigenvalue weighted by Gasteiger charge is -2.38. The number of aliphatic hydroxyl groups is 1. The molecular formula is C29H39ClN2O4. The van der Waals surface area contributed by atoms with Crippen LogP contribution in [0.3, 0.4) is 0 Å². The number of amides is 1. The van der Waals surface area contributed by atoms with E-state index >= 15 is 0 Å². The molecule has 2 aliphatic heterocycles. The van der Waals surface area contributed by atoms with Crippen LogP contribution >= 0.6 is 11.6 Å². The van der Waals surface area contributed by atoms with Crippen LogP contribution in [0.15, 0.2) is 42.5 Å². The first-order chi connectivity index (χ1) is 17.4. The number of hydrogen-bond acceptors (Lipinski definition) is 5. The highest BCUT2D eigenvalue weighted by atomic mass is 35.5. The number of nitrogens with zero attached hydrogens (tertiary/aromatic N) is 2. The highest BCUT2D eigenvalue weighted by Gasteiger charge is 2.33. The van der Waals surface area contributed by atoms with Crippen molar-refractivity contribution in [1.82, 2.24) is 9.80 Å². The third-order valence-corrected chi connectivity index (χ3v) is 7.50. The van der Waals surface area contributed by atoms with Crippen LogP contribution in [0, 0.1) is 6.92 Å². The van der Waals surface area contributed by atoms with Gasteiger partial charge in [-0.2, -0.15) is 0 Å². The molecule has 2 saturated heterocycles. The maximum atomic E-state index is 12.1. The molecule has 196 valence electrons. The predicted octanol–water partition coefficient (Wildman–Crippen LogP) is 5.23. The van der Waals surface area contributed by atoms with Crippen molar-refractivity contribution in [1.29, 1.82) is 0 Å². The van der Waals surface area contributed by atoms with Gasteiger partial charge in [0.1, 0.15) is 23.7 Å². The molecule has 2 heterocycles. The molecule has 1 amide bonds. The van der Waals surface area contributed by atoms with Gasteiger partial charge in [-0.05, 0) is 74.4 Å². The van der Waals surface area contributed by atoms with Crippen LogP contribution in [0.25, 0.3) is 0 Å². The Bertz CT molecular complexity index is 1010. The zero-order chi connectivity index (χ0) is 25.4. The maximum absolute atomic E-state index is 12.1. The van der Waals surface area contributed by atoms with Gasteiger partial charge < -0.3 is 19.5 Å². The third kappa shape index (κ3) is 7.86. The summed E-state index contributed by atoms with van der Waals surface area (Å²) in [5.41, 5.74) is 1.43. The number of ether oxygens (including phenoxy) is 2. The number of carbonyl (C=O) groups excluding carboxylic acids is 1. The number of aryl methyl sites for hydroxylation is 1. The molecule has 6 nitrogen and oxygen atoms in total. The second-order valence-electron chi connectivity index (χ2n) is 10.3. The van der Waals surface area contributed by atoms with Crippen molar-refractivity contribution in [3.63, 3.8) is 0 Å². The monoisotopic (exact) mass is 514 g/mol. The Balaban J connectivity index is 1.19. The summed E-state index contributed by atoms with van der Waals surface area (Å²) in [4.78, 5) is 16.5. The lowest BCUT2D eigenvalue weighted by atomic mass is 9.92. The van der Waals surface area contributed by atoms with Gasteiger partial charge in [0.05, 0.1) is 11.6 Å². The summed E-state index contributed by atoms with van der Waals surface area (Å²) in [6.45, 7) is 6.92. The third-order valence-electron chi connectivity index (χ3n) is 7.19. The van der Waals surface area contributed by atoms with Gasteiger partial charge in [-0.15, -0.1) is 0 Å². The standard InChI is InChI=1S/C29H39ClN2O4/c1-23-10-11-26(30)27(19-23)36-22-29(34)12-16-31(17-13-29)21-24-7-5-8-25(20-24)35-18-6-15-32-14-4-2-3-9-28(32)33/h5,7-8,10-11,19-20,34H,2-4,6,9,12-18,21-22H2,1H3. The first kappa shape index (κ1) is 26.8. The number of halogens is 1. The average Bonchev–Trinajstić information content (AvgIpc) is 3.08. The van der Waals surface area contributed by atoms with Gasteiger partial charge in [0.25, 0.3) is 0 Å². The Kier molecular flexibility index (Phi) is 9.52. The van der Waals surface area contributed by atoms with E-state index in [2.05, 4.69) is 17.0 Å². The number of carbonyl (C=O) groups is 1. The quantitative estimate of drug-likeness (QED) is 0.440. The molecule has 7 heteroatoms. The molecule has 0 radical (unpaired) electrons. The largest absolute Gasteiger partial charge is 0.494 e. The van der Waals surface area contributed by atoms with Crippen LogP contribution in [-0.2, 0) is 11.3 Å². The number of likely N-dealkylation sites (tertiary alicyclic amines) is 2. The zero-order valence-electron chi connectivity index (χ0n) is 21.4. The first-order valence-corrected chi connectivity index (χ1v) is 13.6. The topological polar surface area (TPSA) is 62.2 Å². The van der Waals surface area contributed by atoms with E-state index in [0.29, 0.717) is 36.6 Å². The van der Waals surface area contributed by atoms with Crippen molar-refractivity contribution in [3.05, 3.63) is 58.6 Å². The Morgan fingerprint density at radius 1 is 1.03 bits per heavy atom. The first-order valence-electron chi connectivity index (χ1n) is 13.2. The van der Waals surface area contributed by atoms with E-state index in [0.717, 1.165) is 69.7 Å². The molecule has 0 aromatic heterocycles. The summed E-state index contributed by atoms with van der Waals surface area (Å²) in [7, 11) is 0. The SMILES string of the molecule is Cc1ccc(Cl)c(OCC2(O)CCN(Cc3cccc(OCCCN4CCCCCC4=O)c3)CC2)c1. The van der Waals surface area contributed by atoms with Crippen molar-refractivity contribution < 1.29 is 19.4 Å². The highest BCUT2D eigenvalue weighted by molar-refractivity contribution is 6.32. The van der Waals surface area contributed by atoms with Crippen molar-refractivity contribution >= 4 is 17.5 Å². The second kappa shape index (κ2) is 12.8. The molecule has 0 spiro atoms. The molecular weight excluding hydrogens is 476 g/mol. The Labute approximate surface area is 220 Å². The number of rotatable bonds is 10. The van der Waals surface area contributed by atoms with Gasteiger partial charge in [0.2, 0.25) is 5.91 Å². The molecule has 0 unspecified atom stereocenters. The van der Waals surface area contributed by atoms with Crippen molar-refractivity contribution in [3.8, 4) is 11.5 Å². The van der Waals surface area contributed by atoms with Crippen molar-refractivity contribution in [2.75, 3.05) is 39.4 Å². The van der Waals surface area contributed by atoms with Crippen molar-refractivity contribution in [2.45, 2.75) is 64.0 Å². The van der Waals surface area contributed by atoms with E-state index in [1.165, 1.54) is 5.56 Å². The molecule has 1 N–H and O–H groups in total. The van der Waals surface area contributed by atoms with Crippen LogP contribution in [0.2, 0.25) is 5.02 Å². The molecule has 0 bridgehead atoms. The summed E-state index contributed by atoms with van der Waals surface area (Å²) in [6.07, 6.45) is 6.12. The molecule has 36 heavy (non-hydrogen) atoms. The molecule has 0 saturated carbocycles. The number of benzene rings is 2. The summed E-state index contributed by atoms with van der Waals surface area (Å²) in [5.74, 6) is 1.78. The summed E-state index contributed by atoms with van der Waals surface area (Å²) in [6, 6.07) is 13.9. The van der Waals surface area contributed by atoms with Crippen LogP contribution < -0.4 is 9.47 Å². The fraction of sp³-hybridized carbons (Fsp3) is 0.552. The van der Waals surface area contributed by atoms with Crippen LogP contribution in [0.1, 0.15) is 56.1 Å². The van der Waals surface area contributed by atoms with Gasteiger partial charge >= 0.3 is 0 Å². The second-order valence-corrected chi connectivity index (χ2v) is 10.7. The minimum absolute atomic E-state index is 0.246. The summed E-state index contributed by atoms with van der Waals surface area (Å²) >= 11 is 6.23. The summed E-state index contributed by atoms with van der Waals surface area (Å²) < 4.78 is 11.9. The van der Waals surface area contributed by atoms with Gasteiger partial charge in [0.15, 0.2) is 0 Å². The van der Waals surface area contributed by atoms with E-state index in [9.17, 15) is 9.90 Å². The molecule has 2 fully saturated rings. The van der Waals surface area contributed by atoms with Gasteiger partial charge in [-0.25, -0.2) is 0 Å². The fourth-order valence-corrected chi connectivity index (χ4v) is 5.09. The van der Waals surface area contributed by atoms with E-state index in [1.54, 1.807) is 0 Å².